The Morgan fingerprint density at radius 2 is 2.00 bits per heavy atom. The molecule has 4 rings (SSSR count). The minimum absolute atomic E-state index is 0.190. The molecule has 1 amide bonds. The predicted molar refractivity (Wildman–Crippen MR) is 124 cm³/mol. The molecule has 0 unspecified atom stereocenters. The molecule has 0 aliphatic heterocycles. The number of hydrogen-bond acceptors (Lipinski definition) is 6. The molecule has 3 aromatic heterocycles. The molecular weight excluding hydrogens is 444 g/mol. The van der Waals surface area contributed by atoms with Crippen LogP contribution in [0.4, 0.5) is 5.69 Å². The van der Waals surface area contributed by atoms with Gasteiger partial charge in [0, 0.05) is 5.56 Å². The molecule has 0 saturated carbocycles. The monoisotopic (exact) mass is 468 g/mol. The summed E-state index contributed by atoms with van der Waals surface area (Å²) in [5, 5.41) is 16.0. The van der Waals surface area contributed by atoms with Crippen molar-refractivity contribution in [2.75, 3.05) is 5.32 Å². The summed E-state index contributed by atoms with van der Waals surface area (Å²) < 4.78 is 14.5. The van der Waals surface area contributed by atoms with Crippen molar-refractivity contribution in [3.8, 4) is 5.75 Å². The van der Waals surface area contributed by atoms with Crippen molar-refractivity contribution in [2.24, 2.45) is 0 Å². The van der Waals surface area contributed by atoms with E-state index in [0.29, 0.717) is 28.6 Å². The normalized spacial score (nSPS) is 11.1. The summed E-state index contributed by atoms with van der Waals surface area (Å²) in [6, 6.07) is 5.98. The molecule has 0 bridgehead atoms. The molecule has 0 fully saturated rings. The van der Waals surface area contributed by atoms with E-state index in [4.69, 9.17) is 20.9 Å². The molecule has 0 aliphatic carbocycles. The van der Waals surface area contributed by atoms with Crippen LogP contribution in [-0.4, -0.2) is 30.6 Å². The summed E-state index contributed by atoms with van der Waals surface area (Å²) in [6.45, 7) is 10.0. The van der Waals surface area contributed by atoms with Crippen LogP contribution in [0, 0.1) is 34.6 Å². The number of aryl methyl sites for hydroxylation is 4. The van der Waals surface area contributed by atoms with Gasteiger partial charge in [-0.15, -0.1) is 0 Å². The third kappa shape index (κ3) is 4.78. The Labute approximate surface area is 196 Å². The van der Waals surface area contributed by atoms with Crippen LogP contribution in [0.1, 0.15) is 44.3 Å². The lowest BCUT2D eigenvalue weighted by Crippen LogP contribution is -2.16. The van der Waals surface area contributed by atoms with E-state index in [1.54, 1.807) is 28.7 Å². The fourth-order valence-electron chi connectivity index (χ4n) is 3.52. The van der Waals surface area contributed by atoms with Gasteiger partial charge >= 0.3 is 0 Å². The summed E-state index contributed by atoms with van der Waals surface area (Å²) in [5.74, 6) is 0.930. The number of ether oxygens (including phenoxy) is 1. The molecule has 0 radical (unpaired) electrons. The Bertz CT molecular complexity index is 1320. The van der Waals surface area contributed by atoms with Crippen molar-refractivity contribution in [3.05, 3.63) is 75.1 Å². The molecule has 0 aliphatic rings. The number of carbonyl (C=O) groups is 1. The van der Waals surface area contributed by atoms with Crippen LogP contribution in [0.3, 0.4) is 0 Å². The molecule has 3 heterocycles. The largest absolute Gasteiger partial charge is 0.471 e. The van der Waals surface area contributed by atoms with E-state index in [2.05, 4.69) is 26.7 Å². The molecule has 0 atom stereocenters. The molecule has 33 heavy (non-hydrogen) atoms. The number of anilines is 1. The van der Waals surface area contributed by atoms with Crippen molar-refractivity contribution in [1.82, 2.24) is 24.7 Å². The first kappa shape index (κ1) is 22.6. The highest BCUT2D eigenvalue weighted by atomic mass is 35.5. The standard InChI is InChI=1S/C23H25ClN6O3/c1-13-6-7-20(14(2)8-13)32-12-29-10-18(9-25-29)26-23(31)22-19(17(5)33-28-22)11-30-16(4)21(24)15(3)27-30/h6-10H,11-12H2,1-5H3,(H,26,31). The van der Waals surface area contributed by atoms with Crippen LogP contribution in [0.15, 0.2) is 35.1 Å². The van der Waals surface area contributed by atoms with Gasteiger partial charge in [-0.25, -0.2) is 4.68 Å². The van der Waals surface area contributed by atoms with E-state index < -0.39 is 5.91 Å². The van der Waals surface area contributed by atoms with Crippen LogP contribution in [0.25, 0.3) is 0 Å². The average molecular weight is 469 g/mol. The Kier molecular flexibility index (Phi) is 6.24. The van der Waals surface area contributed by atoms with Crippen molar-refractivity contribution in [2.45, 2.75) is 47.9 Å². The fraction of sp³-hybridized carbons (Fsp3) is 0.304. The SMILES string of the molecule is Cc1ccc(OCn2cc(NC(=O)c3noc(C)c3Cn3nc(C)c(Cl)c3C)cn2)c(C)c1. The Hall–Kier alpha value is -3.59. The first-order chi connectivity index (χ1) is 15.7. The number of halogens is 1. The zero-order valence-corrected chi connectivity index (χ0v) is 19.9. The highest BCUT2D eigenvalue weighted by molar-refractivity contribution is 6.31. The molecule has 0 spiro atoms. The minimum Gasteiger partial charge on any atom is -0.471 e. The maximum Gasteiger partial charge on any atom is 0.278 e. The second-order valence-electron chi connectivity index (χ2n) is 7.97. The van der Waals surface area contributed by atoms with E-state index in [1.807, 2.05) is 39.8 Å². The quantitative estimate of drug-likeness (QED) is 0.425. The average Bonchev–Trinajstić information content (AvgIpc) is 3.43. The smallest absolute Gasteiger partial charge is 0.278 e. The number of aromatic nitrogens is 5. The lowest BCUT2D eigenvalue weighted by atomic mass is 10.1. The Morgan fingerprint density at radius 3 is 2.70 bits per heavy atom. The van der Waals surface area contributed by atoms with Gasteiger partial charge in [0.15, 0.2) is 12.4 Å². The highest BCUT2D eigenvalue weighted by Gasteiger charge is 2.22. The van der Waals surface area contributed by atoms with Gasteiger partial charge in [-0.05, 0) is 46.2 Å². The maximum atomic E-state index is 12.9. The van der Waals surface area contributed by atoms with E-state index in [9.17, 15) is 4.79 Å². The van der Waals surface area contributed by atoms with E-state index in [1.165, 1.54) is 5.56 Å². The third-order valence-electron chi connectivity index (χ3n) is 5.37. The molecule has 10 heteroatoms. The summed E-state index contributed by atoms with van der Waals surface area (Å²) in [6.07, 6.45) is 3.24. The summed E-state index contributed by atoms with van der Waals surface area (Å²) >= 11 is 6.25. The van der Waals surface area contributed by atoms with E-state index in [0.717, 1.165) is 22.7 Å². The zero-order chi connectivity index (χ0) is 23.7. The number of rotatable bonds is 7. The molecule has 9 nitrogen and oxygen atoms in total. The van der Waals surface area contributed by atoms with Gasteiger partial charge in [0.25, 0.3) is 5.91 Å². The molecule has 1 N–H and O–H groups in total. The van der Waals surface area contributed by atoms with Crippen molar-refractivity contribution >= 4 is 23.2 Å². The predicted octanol–water partition coefficient (Wildman–Crippen LogP) is 4.60. The Morgan fingerprint density at radius 1 is 1.21 bits per heavy atom. The number of amides is 1. The summed E-state index contributed by atoms with van der Waals surface area (Å²) in [5.41, 5.74) is 5.11. The van der Waals surface area contributed by atoms with Gasteiger partial charge in [-0.3, -0.25) is 9.48 Å². The van der Waals surface area contributed by atoms with Crippen molar-refractivity contribution in [1.29, 1.82) is 0 Å². The highest BCUT2D eigenvalue weighted by Crippen LogP contribution is 2.23. The van der Waals surface area contributed by atoms with Crippen molar-refractivity contribution < 1.29 is 14.1 Å². The van der Waals surface area contributed by atoms with Gasteiger partial charge in [0.2, 0.25) is 0 Å². The first-order valence-electron chi connectivity index (χ1n) is 10.4. The zero-order valence-electron chi connectivity index (χ0n) is 19.1. The first-order valence-corrected chi connectivity index (χ1v) is 10.8. The number of carbonyl (C=O) groups excluding carboxylic acids is 1. The topological polar surface area (TPSA) is 100 Å². The number of nitrogens with one attached hydrogen (secondary N) is 1. The minimum atomic E-state index is -0.399. The lowest BCUT2D eigenvalue weighted by Gasteiger charge is -2.09. The third-order valence-corrected chi connectivity index (χ3v) is 5.92. The Balaban J connectivity index is 1.44. The van der Waals surface area contributed by atoms with Gasteiger partial charge in [0.05, 0.1) is 41.0 Å². The summed E-state index contributed by atoms with van der Waals surface area (Å²) in [4.78, 5) is 12.9. The van der Waals surface area contributed by atoms with E-state index in [-0.39, 0.29) is 12.4 Å². The second kappa shape index (κ2) is 9.11. The molecule has 1 aromatic carbocycles. The van der Waals surface area contributed by atoms with E-state index >= 15 is 0 Å². The van der Waals surface area contributed by atoms with Gasteiger partial charge < -0.3 is 14.6 Å². The van der Waals surface area contributed by atoms with Gasteiger partial charge in [0.1, 0.15) is 11.5 Å². The number of nitrogens with zero attached hydrogens (tertiary/aromatic N) is 5. The van der Waals surface area contributed by atoms with Crippen LogP contribution in [-0.2, 0) is 13.3 Å². The lowest BCUT2D eigenvalue weighted by molar-refractivity contribution is 0.101. The van der Waals surface area contributed by atoms with Crippen LogP contribution in [0.2, 0.25) is 5.02 Å². The van der Waals surface area contributed by atoms with Crippen LogP contribution >= 0.6 is 11.6 Å². The number of benzene rings is 1. The molecule has 172 valence electrons. The van der Waals surface area contributed by atoms with Crippen molar-refractivity contribution in [3.63, 3.8) is 0 Å². The molecule has 4 aromatic rings. The molecule has 0 saturated heterocycles. The summed E-state index contributed by atoms with van der Waals surface area (Å²) in [7, 11) is 0. The van der Waals surface area contributed by atoms with Gasteiger partial charge in [-0.2, -0.15) is 10.2 Å². The number of hydrogen-bond donors (Lipinski definition) is 1. The molecular formula is C23H25ClN6O3. The fourth-order valence-corrected chi connectivity index (χ4v) is 3.66. The van der Waals surface area contributed by atoms with Crippen LogP contribution < -0.4 is 10.1 Å². The maximum absolute atomic E-state index is 12.9. The van der Waals surface area contributed by atoms with Crippen LogP contribution in [0.5, 0.6) is 5.75 Å². The van der Waals surface area contributed by atoms with Gasteiger partial charge in [-0.1, -0.05) is 34.5 Å². The second-order valence-corrected chi connectivity index (χ2v) is 8.35.